The van der Waals surface area contributed by atoms with Gasteiger partial charge in [-0.3, -0.25) is 10.1 Å². The SMILES string of the molecule is NC(=NCc1ccccc1[N+](=O)[O-])N1CCN(c2ccc(F)cc2)CC1. The van der Waals surface area contributed by atoms with E-state index in [9.17, 15) is 14.5 Å². The molecule has 0 unspecified atom stereocenters. The van der Waals surface area contributed by atoms with Crippen LogP contribution in [0, 0.1) is 15.9 Å². The zero-order chi connectivity index (χ0) is 18.5. The first-order chi connectivity index (χ1) is 12.5. The number of halogens is 1. The van der Waals surface area contributed by atoms with E-state index >= 15 is 0 Å². The zero-order valence-corrected chi connectivity index (χ0v) is 14.2. The minimum atomic E-state index is -0.414. The summed E-state index contributed by atoms with van der Waals surface area (Å²) in [6.45, 7) is 3.02. The molecule has 0 saturated carbocycles. The maximum absolute atomic E-state index is 13.0. The Morgan fingerprint density at radius 2 is 1.77 bits per heavy atom. The van der Waals surface area contributed by atoms with Gasteiger partial charge < -0.3 is 15.5 Å². The predicted octanol–water partition coefficient (Wildman–Crippen LogP) is 2.37. The van der Waals surface area contributed by atoms with E-state index in [1.165, 1.54) is 18.2 Å². The molecule has 2 aromatic carbocycles. The van der Waals surface area contributed by atoms with Crippen molar-refractivity contribution in [1.82, 2.24) is 4.90 Å². The van der Waals surface area contributed by atoms with E-state index in [-0.39, 0.29) is 18.0 Å². The van der Waals surface area contributed by atoms with E-state index in [1.807, 2.05) is 4.90 Å². The van der Waals surface area contributed by atoms with E-state index in [0.717, 1.165) is 18.8 Å². The first-order valence-electron chi connectivity index (χ1n) is 8.32. The summed E-state index contributed by atoms with van der Waals surface area (Å²) in [5.74, 6) is 0.126. The lowest BCUT2D eigenvalue weighted by Crippen LogP contribution is -2.51. The molecule has 0 spiro atoms. The van der Waals surface area contributed by atoms with Crippen LogP contribution in [-0.4, -0.2) is 42.0 Å². The molecule has 1 saturated heterocycles. The van der Waals surface area contributed by atoms with E-state index in [1.54, 1.807) is 30.3 Å². The molecule has 1 fully saturated rings. The molecule has 26 heavy (non-hydrogen) atoms. The molecule has 0 radical (unpaired) electrons. The summed E-state index contributed by atoms with van der Waals surface area (Å²) in [6, 6.07) is 12.9. The summed E-state index contributed by atoms with van der Waals surface area (Å²) in [4.78, 5) is 19.1. The van der Waals surface area contributed by atoms with Gasteiger partial charge in [0.25, 0.3) is 5.69 Å². The van der Waals surface area contributed by atoms with Crippen LogP contribution in [0.3, 0.4) is 0 Å². The number of benzene rings is 2. The number of hydrogen-bond acceptors (Lipinski definition) is 4. The van der Waals surface area contributed by atoms with Gasteiger partial charge in [0, 0.05) is 37.9 Å². The third kappa shape index (κ3) is 4.08. The van der Waals surface area contributed by atoms with Gasteiger partial charge in [0.1, 0.15) is 5.82 Å². The third-order valence-electron chi connectivity index (χ3n) is 4.40. The Morgan fingerprint density at radius 1 is 1.12 bits per heavy atom. The van der Waals surface area contributed by atoms with Crippen molar-refractivity contribution in [2.75, 3.05) is 31.1 Å². The minimum Gasteiger partial charge on any atom is -0.370 e. The molecule has 0 aromatic heterocycles. The summed E-state index contributed by atoms with van der Waals surface area (Å²) < 4.78 is 13.0. The maximum atomic E-state index is 13.0. The van der Waals surface area contributed by atoms with Crippen LogP contribution in [0.1, 0.15) is 5.56 Å². The first kappa shape index (κ1) is 17.7. The van der Waals surface area contributed by atoms with Crippen molar-refractivity contribution >= 4 is 17.3 Å². The fourth-order valence-electron chi connectivity index (χ4n) is 2.93. The van der Waals surface area contributed by atoms with Gasteiger partial charge >= 0.3 is 0 Å². The number of nitrogens with two attached hydrogens (primary N) is 1. The quantitative estimate of drug-likeness (QED) is 0.393. The summed E-state index contributed by atoms with van der Waals surface area (Å²) in [5.41, 5.74) is 7.62. The molecule has 0 amide bonds. The summed E-state index contributed by atoms with van der Waals surface area (Å²) >= 11 is 0. The van der Waals surface area contributed by atoms with Crippen molar-refractivity contribution in [2.24, 2.45) is 10.7 Å². The number of nitro groups is 1. The highest BCUT2D eigenvalue weighted by atomic mass is 19.1. The fourth-order valence-corrected chi connectivity index (χ4v) is 2.93. The average Bonchev–Trinajstić information content (AvgIpc) is 2.67. The number of para-hydroxylation sites is 1. The second kappa shape index (κ2) is 7.81. The van der Waals surface area contributed by atoms with E-state index in [0.29, 0.717) is 24.6 Å². The highest BCUT2D eigenvalue weighted by molar-refractivity contribution is 5.78. The van der Waals surface area contributed by atoms with Gasteiger partial charge in [-0.1, -0.05) is 18.2 Å². The number of anilines is 1. The Labute approximate surface area is 150 Å². The average molecular weight is 357 g/mol. The van der Waals surface area contributed by atoms with E-state index in [4.69, 9.17) is 5.73 Å². The van der Waals surface area contributed by atoms with Crippen LogP contribution in [0.4, 0.5) is 15.8 Å². The van der Waals surface area contributed by atoms with Crippen LogP contribution in [0.5, 0.6) is 0 Å². The lowest BCUT2D eigenvalue weighted by atomic mass is 10.2. The van der Waals surface area contributed by atoms with Crippen LogP contribution in [0.2, 0.25) is 0 Å². The third-order valence-corrected chi connectivity index (χ3v) is 4.40. The number of nitro benzene ring substituents is 1. The molecule has 1 heterocycles. The molecule has 1 aliphatic heterocycles. The fraction of sp³-hybridized carbons (Fsp3) is 0.278. The maximum Gasteiger partial charge on any atom is 0.274 e. The second-order valence-corrected chi connectivity index (χ2v) is 6.01. The van der Waals surface area contributed by atoms with Gasteiger partial charge in [-0.15, -0.1) is 0 Å². The number of hydrogen-bond donors (Lipinski definition) is 1. The molecule has 136 valence electrons. The van der Waals surface area contributed by atoms with Crippen LogP contribution in [0.15, 0.2) is 53.5 Å². The number of guanidine groups is 1. The van der Waals surface area contributed by atoms with Gasteiger partial charge in [-0.25, -0.2) is 9.38 Å². The van der Waals surface area contributed by atoms with E-state index in [2.05, 4.69) is 9.89 Å². The lowest BCUT2D eigenvalue weighted by Gasteiger charge is -2.36. The molecule has 8 heteroatoms. The van der Waals surface area contributed by atoms with Gasteiger partial charge in [0.15, 0.2) is 5.96 Å². The molecule has 0 bridgehead atoms. The van der Waals surface area contributed by atoms with Crippen molar-refractivity contribution in [3.05, 3.63) is 70.0 Å². The molecule has 3 rings (SSSR count). The van der Waals surface area contributed by atoms with Crippen molar-refractivity contribution in [2.45, 2.75) is 6.54 Å². The summed E-state index contributed by atoms with van der Waals surface area (Å²) in [5, 5.41) is 11.0. The Bertz CT molecular complexity index is 801. The second-order valence-electron chi connectivity index (χ2n) is 6.01. The largest absolute Gasteiger partial charge is 0.370 e. The van der Waals surface area contributed by atoms with Crippen LogP contribution >= 0.6 is 0 Å². The molecule has 0 atom stereocenters. The molecule has 2 N–H and O–H groups in total. The van der Waals surface area contributed by atoms with Gasteiger partial charge in [-0.2, -0.15) is 0 Å². The molecular weight excluding hydrogens is 337 g/mol. The number of piperazine rings is 1. The normalized spacial score (nSPS) is 15.2. The molecule has 1 aliphatic rings. The van der Waals surface area contributed by atoms with Crippen LogP contribution in [-0.2, 0) is 6.54 Å². The first-order valence-corrected chi connectivity index (χ1v) is 8.32. The van der Waals surface area contributed by atoms with Crippen molar-refractivity contribution in [1.29, 1.82) is 0 Å². The molecule has 2 aromatic rings. The van der Waals surface area contributed by atoms with Crippen LogP contribution in [0.25, 0.3) is 0 Å². The topological polar surface area (TPSA) is 88.0 Å². The van der Waals surface area contributed by atoms with E-state index < -0.39 is 4.92 Å². The monoisotopic (exact) mass is 357 g/mol. The predicted molar refractivity (Wildman–Crippen MR) is 98.6 cm³/mol. The number of nitrogens with zero attached hydrogens (tertiary/aromatic N) is 4. The number of aliphatic imine (C=N–C) groups is 1. The van der Waals surface area contributed by atoms with Gasteiger partial charge in [0.2, 0.25) is 0 Å². The summed E-state index contributed by atoms with van der Waals surface area (Å²) in [7, 11) is 0. The lowest BCUT2D eigenvalue weighted by molar-refractivity contribution is -0.385. The smallest absolute Gasteiger partial charge is 0.274 e. The number of rotatable bonds is 4. The summed E-state index contributed by atoms with van der Waals surface area (Å²) in [6.07, 6.45) is 0. The Balaban J connectivity index is 1.60. The highest BCUT2D eigenvalue weighted by Gasteiger charge is 2.19. The Hall–Kier alpha value is -3.16. The van der Waals surface area contributed by atoms with Crippen molar-refractivity contribution in [3.8, 4) is 0 Å². The molecule has 7 nitrogen and oxygen atoms in total. The standard InChI is InChI=1S/C18H20FN5O2/c19-15-5-7-16(8-6-15)22-9-11-23(12-10-22)18(20)21-13-14-3-1-2-4-17(14)24(25)26/h1-8H,9-13H2,(H2,20,21). The Kier molecular flexibility index (Phi) is 5.31. The van der Waals surface area contributed by atoms with Crippen LogP contribution < -0.4 is 10.6 Å². The molecular formula is C18H20FN5O2. The van der Waals surface area contributed by atoms with Gasteiger partial charge in [-0.05, 0) is 24.3 Å². The van der Waals surface area contributed by atoms with Crippen molar-refractivity contribution in [3.63, 3.8) is 0 Å². The van der Waals surface area contributed by atoms with Crippen molar-refractivity contribution < 1.29 is 9.31 Å². The minimum absolute atomic E-state index is 0.0465. The zero-order valence-electron chi connectivity index (χ0n) is 14.2. The highest BCUT2D eigenvalue weighted by Crippen LogP contribution is 2.19. The van der Waals surface area contributed by atoms with Gasteiger partial charge in [0.05, 0.1) is 17.0 Å². The molecule has 0 aliphatic carbocycles. The Morgan fingerprint density at radius 3 is 2.42 bits per heavy atom.